The zero-order valence-electron chi connectivity index (χ0n) is 58.5. The quantitative estimate of drug-likeness (QED) is 0.0124. The largest absolute Gasteiger partial charge is 1.00 e. The SMILES string of the molecule is C.C.C.CC(C)C.CCCCCCCC/C=C\CCCCCCCC(=O)O[C@@H](CCP(=O)([O-])OCC)COC(=O)CCCCCCCCCCCCCC.CCCCCCCCCCCCOS(=O)(=O)[O-].Cc1cc(C(C)(C)C)c(O)c(C(C)(C)C)c1.[B].[Na+]. The minimum Gasteiger partial charge on any atom is -0.778 e. The third kappa shape index (κ3) is 75.7. The molecule has 0 aliphatic carbocycles. The van der Waals surface area contributed by atoms with Gasteiger partial charge in [-0.25, -0.2) is 8.42 Å². The molecule has 1 unspecified atom stereocenters. The summed E-state index contributed by atoms with van der Waals surface area (Å²) in [4.78, 5) is 36.9. The number of benzene rings is 1. The zero-order chi connectivity index (χ0) is 64.0. The predicted octanol–water partition coefficient (Wildman–Crippen LogP) is 19.4. The van der Waals surface area contributed by atoms with E-state index in [9.17, 15) is 37.1 Å². The van der Waals surface area contributed by atoms with Gasteiger partial charge in [0.25, 0.3) is 0 Å². The first-order chi connectivity index (χ1) is 39.7. The molecule has 1 aromatic carbocycles. The first-order valence-corrected chi connectivity index (χ1v) is 37.1. The molecular formula is C73H145BNaO12PS-. The molecule has 3 radical (unpaired) electrons. The maximum Gasteiger partial charge on any atom is 1.00 e. The number of hydrogen-bond acceptors (Lipinski definition) is 12. The molecule has 0 aliphatic rings. The summed E-state index contributed by atoms with van der Waals surface area (Å²) in [7, 11) is -8.50. The van der Waals surface area contributed by atoms with Gasteiger partial charge in [-0.1, -0.05) is 315 Å². The number of hydrogen-bond donors (Lipinski definition) is 1. The molecule has 2 atom stereocenters. The van der Waals surface area contributed by atoms with Crippen LogP contribution in [0.4, 0.5) is 0 Å². The van der Waals surface area contributed by atoms with Crippen LogP contribution in [0.2, 0.25) is 0 Å². The van der Waals surface area contributed by atoms with Crippen molar-refractivity contribution in [2.24, 2.45) is 5.92 Å². The Bertz CT molecular complexity index is 1850. The van der Waals surface area contributed by atoms with Gasteiger partial charge in [-0.2, -0.15) is 0 Å². The summed E-state index contributed by atoms with van der Waals surface area (Å²) in [6, 6.07) is 4.18. The average molecular weight is 1310 g/mol. The van der Waals surface area contributed by atoms with Gasteiger partial charge in [-0.15, -0.1) is 0 Å². The molecule has 0 fully saturated rings. The summed E-state index contributed by atoms with van der Waals surface area (Å²) in [5.74, 6) is 0.595. The molecule has 0 aliphatic heterocycles. The number of allylic oxidation sites excluding steroid dienone is 2. The van der Waals surface area contributed by atoms with Crippen molar-refractivity contribution in [2.45, 2.75) is 380 Å². The summed E-state index contributed by atoms with van der Waals surface area (Å²) >= 11 is 0. The predicted molar refractivity (Wildman–Crippen MR) is 379 cm³/mol. The third-order valence-electron chi connectivity index (χ3n) is 14.3. The van der Waals surface area contributed by atoms with E-state index in [0.717, 1.165) is 81.3 Å². The fraction of sp³-hybridized carbons (Fsp3) is 0.863. The molecule has 0 saturated carbocycles. The van der Waals surface area contributed by atoms with Gasteiger partial charge in [0.15, 0.2) is 0 Å². The van der Waals surface area contributed by atoms with Gasteiger partial charge in [0, 0.05) is 27.4 Å². The van der Waals surface area contributed by atoms with Crippen LogP contribution < -0.4 is 34.5 Å². The number of carbonyl (C=O) groups excluding carboxylic acids is 2. The van der Waals surface area contributed by atoms with E-state index < -0.39 is 24.1 Å². The summed E-state index contributed by atoms with van der Waals surface area (Å²) in [6.45, 7) is 29.7. The normalized spacial score (nSPS) is 12.1. The first kappa shape index (κ1) is 104. The van der Waals surface area contributed by atoms with Crippen molar-refractivity contribution in [3.8, 4) is 5.75 Å². The number of unbranched alkanes of at least 4 members (excludes halogenated alkanes) is 31. The minimum absolute atomic E-state index is 0. The van der Waals surface area contributed by atoms with Crippen LogP contribution >= 0.6 is 7.60 Å². The third-order valence-corrected chi connectivity index (χ3v) is 16.2. The topological polar surface area (TPSA) is 189 Å². The Morgan fingerprint density at radius 3 is 1.21 bits per heavy atom. The second-order valence-corrected chi connectivity index (χ2v) is 29.1. The van der Waals surface area contributed by atoms with E-state index in [2.05, 4.69) is 118 Å². The maximum atomic E-state index is 12.5. The zero-order valence-corrected chi connectivity index (χ0v) is 62.2. The number of phenolic OH excluding ortho intramolecular Hbond substituents is 1. The number of esters is 2. The molecular weight excluding hydrogens is 1170 g/mol. The molecule has 1 N–H and O–H groups in total. The average Bonchev–Trinajstić information content (AvgIpc) is 2.23. The Morgan fingerprint density at radius 2 is 0.888 bits per heavy atom. The second kappa shape index (κ2) is 68.2. The number of aryl methyl sites for hydroxylation is 1. The Hall–Kier alpha value is -1.22. The molecule has 1 aromatic rings. The molecule has 1 rings (SSSR count). The Morgan fingerprint density at radius 1 is 0.573 bits per heavy atom. The maximum absolute atomic E-state index is 12.5. The van der Waals surface area contributed by atoms with Gasteiger partial charge < -0.3 is 33.1 Å². The molecule has 525 valence electrons. The van der Waals surface area contributed by atoms with Crippen LogP contribution in [0.5, 0.6) is 5.75 Å². The van der Waals surface area contributed by atoms with Crippen molar-refractivity contribution in [3.63, 3.8) is 0 Å². The van der Waals surface area contributed by atoms with Gasteiger partial charge in [-0.3, -0.25) is 13.8 Å². The van der Waals surface area contributed by atoms with Crippen molar-refractivity contribution in [1.82, 2.24) is 0 Å². The van der Waals surface area contributed by atoms with Crippen LogP contribution in [0.1, 0.15) is 373 Å². The summed E-state index contributed by atoms with van der Waals surface area (Å²) < 4.78 is 62.4. The van der Waals surface area contributed by atoms with Crippen molar-refractivity contribution in [2.75, 3.05) is 26.0 Å². The van der Waals surface area contributed by atoms with Crippen molar-refractivity contribution in [1.29, 1.82) is 0 Å². The molecule has 0 amide bonds. The number of rotatable bonds is 48. The minimum atomic E-state index is -4.48. The van der Waals surface area contributed by atoms with Crippen molar-refractivity contribution >= 4 is 38.3 Å². The molecule has 0 bridgehead atoms. The second-order valence-electron chi connectivity index (χ2n) is 26.2. The fourth-order valence-corrected chi connectivity index (χ4v) is 10.8. The van der Waals surface area contributed by atoms with Crippen molar-refractivity contribution < 1.29 is 84.9 Å². The molecule has 0 spiro atoms. The van der Waals surface area contributed by atoms with E-state index in [0.29, 0.717) is 18.6 Å². The Kier molecular flexibility index (Phi) is 79.6. The Labute approximate surface area is 578 Å². The fourth-order valence-electron chi connectivity index (χ4n) is 9.37. The van der Waals surface area contributed by atoms with E-state index in [1.54, 1.807) is 6.92 Å². The van der Waals surface area contributed by atoms with Gasteiger partial charge in [0.05, 0.1) is 13.2 Å². The van der Waals surface area contributed by atoms with E-state index in [-0.39, 0.29) is 122 Å². The van der Waals surface area contributed by atoms with Crippen molar-refractivity contribution in [3.05, 3.63) is 41.0 Å². The van der Waals surface area contributed by atoms with Gasteiger partial charge in [0.2, 0.25) is 10.4 Å². The van der Waals surface area contributed by atoms with E-state index in [1.807, 2.05) is 0 Å². The summed E-state index contributed by atoms with van der Waals surface area (Å²) in [5.41, 5.74) is 3.26. The molecule has 16 heteroatoms. The molecule has 12 nitrogen and oxygen atoms in total. The molecule has 0 heterocycles. The van der Waals surface area contributed by atoms with E-state index >= 15 is 0 Å². The molecule has 0 aromatic heterocycles. The standard InChI is InChI=1S/C39H75O7P.C15H24O.C12H26O4S.C4H10.3CH4.B.Na/c1-4-7-9-11-13-15-17-19-20-21-23-25-27-29-31-33-39(41)46-37(34-35-47(42,43)45-6-3)36-44-38(40)32-30-28-26-24-22-18-16-14-12-10-8-5-2;1-10-8-11(14(2,3)4)13(16)12(9-10)15(5,6)7;1-2-3-4-5-6-7-8-9-10-11-12-16-17(13,14)15;1-4(2)3;;;;;/h19-20,37H,4-18,21-36H2,1-3H3,(H,42,43);8-9,16H,1-7H3;2-12H2,1H3,(H,13,14,15);4H,1-3H3;3*1H4;;/q;;;;;;;;+1/p-2/b20-19-;;;;;;;;/t37-;;;;;;;;/m0......../s1. The van der Waals surface area contributed by atoms with Crippen LogP contribution in [0.25, 0.3) is 0 Å². The number of ether oxygens (including phenoxy) is 2. The number of phenols is 1. The summed E-state index contributed by atoms with van der Waals surface area (Å²) in [6.07, 6.45) is 46.0. The van der Waals surface area contributed by atoms with Crippen LogP contribution in [-0.2, 0) is 53.6 Å². The van der Waals surface area contributed by atoms with Gasteiger partial charge >= 0.3 is 41.5 Å². The number of aromatic hydroxyl groups is 1. The smallest absolute Gasteiger partial charge is 0.778 e. The first-order valence-electron chi connectivity index (χ1n) is 34.1. The Balaban J connectivity index is -0.000000212. The van der Waals surface area contributed by atoms with Crippen LogP contribution in [0, 0.1) is 12.8 Å². The van der Waals surface area contributed by atoms with Gasteiger partial charge in [-0.05, 0) is 93.1 Å². The molecule has 89 heavy (non-hydrogen) atoms. The van der Waals surface area contributed by atoms with Crippen LogP contribution in [-0.4, -0.2) is 70.5 Å². The molecule has 0 saturated heterocycles. The van der Waals surface area contributed by atoms with Gasteiger partial charge in [0.1, 0.15) is 26.1 Å². The van der Waals surface area contributed by atoms with Crippen LogP contribution in [0.3, 0.4) is 0 Å². The summed E-state index contributed by atoms with van der Waals surface area (Å²) in [5, 5.41) is 10.4. The van der Waals surface area contributed by atoms with E-state index in [1.165, 1.54) is 160 Å². The van der Waals surface area contributed by atoms with E-state index in [4.69, 9.17) is 14.0 Å². The monoisotopic (exact) mass is 1310 g/mol. The number of carbonyl (C=O) groups is 2. The van der Waals surface area contributed by atoms with Crippen LogP contribution in [0.15, 0.2) is 24.3 Å².